The van der Waals surface area contributed by atoms with Gasteiger partial charge in [-0.1, -0.05) is 0 Å². The summed E-state index contributed by atoms with van der Waals surface area (Å²) in [4.78, 5) is 0. The summed E-state index contributed by atoms with van der Waals surface area (Å²) < 4.78 is 28.2. The summed E-state index contributed by atoms with van der Waals surface area (Å²) >= 11 is 0. The number of hydrogen-bond donors (Lipinski definition) is 1. The van der Waals surface area contributed by atoms with Crippen LogP contribution >= 0.6 is 0 Å². The third-order valence-corrected chi connectivity index (χ3v) is 5.34. The van der Waals surface area contributed by atoms with Gasteiger partial charge in [0.05, 0.1) is 17.1 Å². The third-order valence-electron chi connectivity index (χ3n) is 3.62. The highest BCUT2D eigenvalue weighted by atomic mass is 32.2. The van der Waals surface area contributed by atoms with Crippen molar-refractivity contribution >= 4 is 9.84 Å². The Hall–Kier alpha value is -0.130. The van der Waals surface area contributed by atoms with E-state index < -0.39 is 9.84 Å². The van der Waals surface area contributed by atoms with Crippen LogP contribution in [-0.2, 0) is 14.6 Å². The highest BCUT2D eigenvalue weighted by Crippen LogP contribution is 2.24. The summed E-state index contributed by atoms with van der Waals surface area (Å²) in [5.74, 6) is 0.671. The van der Waals surface area contributed by atoms with E-state index in [1.807, 2.05) is 0 Å². The minimum absolute atomic E-state index is 0.0314. The van der Waals surface area contributed by atoms with Crippen LogP contribution in [0.2, 0.25) is 0 Å². The molecule has 1 unspecified atom stereocenters. The first kappa shape index (κ1) is 12.3. The maximum absolute atomic E-state index is 11.3. The van der Waals surface area contributed by atoms with E-state index in [-0.39, 0.29) is 5.60 Å². The molecule has 0 aromatic heterocycles. The molecule has 1 atom stereocenters. The van der Waals surface area contributed by atoms with E-state index in [1.165, 1.54) is 0 Å². The highest BCUT2D eigenvalue weighted by Gasteiger charge is 2.31. The van der Waals surface area contributed by atoms with Gasteiger partial charge in [0.25, 0.3) is 0 Å². The summed E-state index contributed by atoms with van der Waals surface area (Å²) in [6, 6.07) is 0.351. The van der Waals surface area contributed by atoms with Crippen molar-refractivity contribution in [2.24, 2.45) is 0 Å². The van der Waals surface area contributed by atoms with Gasteiger partial charge in [-0.2, -0.15) is 0 Å². The predicted molar refractivity (Wildman–Crippen MR) is 63.3 cm³/mol. The Balaban J connectivity index is 1.75. The van der Waals surface area contributed by atoms with Crippen LogP contribution in [0.15, 0.2) is 0 Å². The van der Waals surface area contributed by atoms with Crippen LogP contribution in [0.5, 0.6) is 0 Å². The zero-order valence-corrected chi connectivity index (χ0v) is 10.7. The number of hydrogen-bond acceptors (Lipinski definition) is 4. The second kappa shape index (κ2) is 4.63. The van der Waals surface area contributed by atoms with Gasteiger partial charge in [-0.15, -0.1) is 0 Å². The molecule has 0 radical (unpaired) electrons. The molecule has 0 aliphatic carbocycles. The molecular formula is C11H21NO3S. The van der Waals surface area contributed by atoms with Crippen LogP contribution in [0.3, 0.4) is 0 Å². The molecule has 4 nitrogen and oxygen atoms in total. The fraction of sp³-hybridized carbons (Fsp3) is 1.00. The quantitative estimate of drug-likeness (QED) is 0.798. The fourth-order valence-electron chi connectivity index (χ4n) is 2.43. The largest absolute Gasteiger partial charge is 0.374 e. The maximum atomic E-state index is 11.3. The second-order valence-electron chi connectivity index (χ2n) is 5.21. The normalized spacial score (nSPS) is 35.3. The highest BCUT2D eigenvalue weighted by molar-refractivity contribution is 7.91. The Labute approximate surface area is 97.7 Å². The SMILES string of the molecule is CC1(CNC2CCS(=O)(=O)CC2)CCCO1. The molecule has 0 amide bonds. The molecule has 0 saturated carbocycles. The van der Waals surface area contributed by atoms with Crippen molar-refractivity contribution in [3.05, 3.63) is 0 Å². The van der Waals surface area contributed by atoms with Crippen LogP contribution in [0.1, 0.15) is 32.6 Å². The fourth-order valence-corrected chi connectivity index (χ4v) is 3.92. The van der Waals surface area contributed by atoms with Crippen LogP contribution in [-0.4, -0.2) is 44.7 Å². The summed E-state index contributed by atoms with van der Waals surface area (Å²) in [7, 11) is -2.74. The van der Waals surface area contributed by atoms with Gasteiger partial charge in [0, 0.05) is 19.2 Å². The third kappa shape index (κ3) is 3.18. The number of ether oxygens (including phenoxy) is 1. The zero-order chi connectivity index (χ0) is 11.6. The average Bonchev–Trinajstić information content (AvgIpc) is 2.64. The first-order valence-electron chi connectivity index (χ1n) is 6.07. The lowest BCUT2D eigenvalue weighted by Gasteiger charge is -2.29. The molecule has 2 aliphatic heterocycles. The molecule has 2 saturated heterocycles. The van der Waals surface area contributed by atoms with Crippen LogP contribution in [0.4, 0.5) is 0 Å². The molecule has 2 fully saturated rings. The molecule has 5 heteroatoms. The number of rotatable bonds is 3. The minimum Gasteiger partial charge on any atom is -0.374 e. The number of nitrogens with one attached hydrogen (secondary N) is 1. The average molecular weight is 247 g/mol. The van der Waals surface area contributed by atoms with Crippen molar-refractivity contribution in [1.82, 2.24) is 5.32 Å². The summed E-state index contributed by atoms with van der Waals surface area (Å²) in [6.07, 6.45) is 3.74. The molecule has 1 N–H and O–H groups in total. The molecular weight excluding hydrogens is 226 g/mol. The monoisotopic (exact) mass is 247 g/mol. The van der Waals surface area contributed by atoms with Crippen molar-refractivity contribution in [3.8, 4) is 0 Å². The Kier molecular flexibility index (Phi) is 3.56. The van der Waals surface area contributed by atoms with Crippen LogP contribution in [0, 0.1) is 0 Å². The van der Waals surface area contributed by atoms with Crippen molar-refractivity contribution in [3.63, 3.8) is 0 Å². The van der Waals surface area contributed by atoms with E-state index in [0.717, 1.165) is 38.8 Å². The Morgan fingerprint density at radius 3 is 2.62 bits per heavy atom. The standard InChI is InChI=1S/C11H21NO3S/c1-11(5-2-6-15-11)9-12-10-3-7-16(13,14)8-4-10/h10,12H,2-9H2,1H3. The molecule has 0 aromatic carbocycles. The Morgan fingerprint density at radius 1 is 1.38 bits per heavy atom. The molecule has 0 aromatic rings. The topological polar surface area (TPSA) is 55.4 Å². The van der Waals surface area contributed by atoms with E-state index in [9.17, 15) is 8.42 Å². The molecule has 94 valence electrons. The van der Waals surface area contributed by atoms with E-state index in [0.29, 0.717) is 17.5 Å². The molecule has 2 rings (SSSR count). The van der Waals surface area contributed by atoms with Gasteiger partial charge in [0.1, 0.15) is 9.84 Å². The zero-order valence-electron chi connectivity index (χ0n) is 9.87. The molecule has 0 bridgehead atoms. The van der Waals surface area contributed by atoms with Crippen molar-refractivity contribution in [1.29, 1.82) is 0 Å². The summed E-state index contributed by atoms with van der Waals surface area (Å²) in [5.41, 5.74) is -0.0314. The van der Waals surface area contributed by atoms with Crippen LogP contribution in [0.25, 0.3) is 0 Å². The number of sulfone groups is 1. The smallest absolute Gasteiger partial charge is 0.150 e. The van der Waals surface area contributed by atoms with E-state index in [2.05, 4.69) is 12.2 Å². The van der Waals surface area contributed by atoms with E-state index in [1.54, 1.807) is 0 Å². The molecule has 2 heterocycles. The first-order valence-corrected chi connectivity index (χ1v) is 7.89. The van der Waals surface area contributed by atoms with Crippen molar-refractivity contribution in [2.45, 2.75) is 44.2 Å². The van der Waals surface area contributed by atoms with Crippen molar-refractivity contribution in [2.75, 3.05) is 24.7 Å². The van der Waals surface area contributed by atoms with Gasteiger partial charge in [0.15, 0.2) is 0 Å². The Morgan fingerprint density at radius 2 is 2.06 bits per heavy atom. The van der Waals surface area contributed by atoms with Gasteiger partial charge >= 0.3 is 0 Å². The lowest BCUT2D eigenvalue weighted by atomic mass is 10.0. The van der Waals surface area contributed by atoms with Crippen LogP contribution < -0.4 is 5.32 Å². The lowest BCUT2D eigenvalue weighted by molar-refractivity contribution is 0.0185. The van der Waals surface area contributed by atoms with Gasteiger partial charge in [-0.05, 0) is 32.6 Å². The second-order valence-corrected chi connectivity index (χ2v) is 7.51. The summed E-state index contributed by atoms with van der Waals surface area (Å²) in [5, 5.41) is 3.45. The van der Waals surface area contributed by atoms with Gasteiger partial charge < -0.3 is 10.1 Å². The van der Waals surface area contributed by atoms with Gasteiger partial charge in [0.2, 0.25) is 0 Å². The van der Waals surface area contributed by atoms with Gasteiger partial charge in [-0.3, -0.25) is 0 Å². The predicted octanol–water partition coefficient (Wildman–Crippen LogP) is 0.722. The van der Waals surface area contributed by atoms with E-state index in [4.69, 9.17) is 4.74 Å². The van der Waals surface area contributed by atoms with Gasteiger partial charge in [-0.25, -0.2) is 8.42 Å². The maximum Gasteiger partial charge on any atom is 0.150 e. The molecule has 16 heavy (non-hydrogen) atoms. The molecule has 0 spiro atoms. The minimum atomic E-state index is -2.74. The van der Waals surface area contributed by atoms with E-state index >= 15 is 0 Å². The van der Waals surface area contributed by atoms with Crippen molar-refractivity contribution < 1.29 is 13.2 Å². The lowest BCUT2D eigenvalue weighted by Crippen LogP contribution is -2.45. The molecule has 2 aliphatic rings. The summed E-state index contributed by atoms with van der Waals surface area (Å²) in [6.45, 7) is 3.83. The Bertz CT molecular complexity index is 319. The first-order chi connectivity index (χ1) is 7.49.